The third-order valence-corrected chi connectivity index (χ3v) is 5.32. The third-order valence-electron chi connectivity index (χ3n) is 5.32. The average Bonchev–Trinajstić information content (AvgIpc) is 3.30. The Morgan fingerprint density at radius 1 is 0.857 bits per heavy atom. The van der Waals surface area contributed by atoms with Crippen LogP contribution in [0.2, 0.25) is 0 Å². The van der Waals surface area contributed by atoms with E-state index >= 15 is 0 Å². The predicted molar refractivity (Wildman–Crippen MR) is 104 cm³/mol. The van der Waals surface area contributed by atoms with Gasteiger partial charge in [-0.15, -0.1) is 5.10 Å². The fourth-order valence-corrected chi connectivity index (χ4v) is 3.92. The third kappa shape index (κ3) is 2.76. The van der Waals surface area contributed by atoms with Crippen LogP contribution in [0.15, 0.2) is 60.7 Å². The first kappa shape index (κ1) is 16.7. The molecular weight excluding hydrogens is 354 g/mol. The number of amides is 2. The minimum Gasteiger partial charge on any atom is -0.347 e. The number of nitrogens with zero attached hydrogens (tertiary/aromatic N) is 4. The van der Waals surface area contributed by atoms with Crippen LogP contribution in [-0.4, -0.2) is 26.6 Å². The summed E-state index contributed by atoms with van der Waals surface area (Å²) in [5.74, 6) is 0.230. The molecule has 0 bridgehead atoms. The molecule has 1 saturated heterocycles. The van der Waals surface area contributed by atoms with Crippen molar-refractivity contribution < 1.29 is 9.59 Å². The Labute approximate surface area is 162 Å². The highest BCUT2D eigenvalue weighted by atomic mass is 16.2. The lowest BCUT2D eigenvalue weighted by Crippen LogP contribution is -2.30. The predicted octanol–water partition coefficient (Wildman–Crippen LogP) is 3.08. The lowest BCUT2D eigenvalue weighted by Gasteiger charge is -2.31. The highest BCUT2D eigenvalue weighted by molar-refractivity contribution is 6.18. The van der Waals surface area contributed by atoms with Crippen molar-refractivity contribution in [2.75, 3.05) is 10.2 Å². The lowest BCUT2D eigenvalue weighted by molar-refractivity contribution is -0.121. The van der Waals surface area contributed by atoms with Crippen molar-refractivity contribution in [2.45, 2.75) is 31.3 Å². The summed E-state index contributed by atoms with van der Waals surface area (Å²) >= 11 is 0. The van der Waals surface area contributed by atoms with Crippen molar-refractivity contribution in [2.24, 2.45) is 0 Å². The molecule has 2 amide bonds. The van der Waals surface area contributed by atoms with Crippen LogP contribution in [0, 0.1) is 0 Å². The zero-order valence-corrected chi connectivity index (χ0v) is 15.2. The second-order valence-electron chi connectivity index (χ2n) is 7.07. The number of anilines is 2. The van der Waals surface area contributed by atoms with Crippen molar-refractivity contribution >= 4 is 23.7 Å². The Bertz CT molecular complexity index is 1020. The van der Waals surface area contributed by atoms with E-state index in [4.69, 9.17) is 0 Å². The largest absolute Gasteiger partial charge is 0.347 e. The standard InChI is InChI=1S/C21H19N5O2/c27-18-11-12-19(28)25(18)21-23-20-22-16(14-7-3-1-4-8-14)13-17(26(20)24-21)15-9-5-2-6-10-15/h1-10,16-17H,11-13H2,(H,22,23,24)/t16-,17-/m0/s1. The summed E-state index contributed by atoms with van der Waals surface area (Å²) in [4.78, 5) is 29.9. The van der Waals surface area contributed by atoms with Gasteiger partial charge < -0.3 is 5.32 Å². The normalized spacial score (nSPS) is 21.5. The monoisotopic (exact) mass is 373 g/mol. The Morgan fingerprint density at radius 2 is 1.46 bits per heavy atom. The molecule has 28 heavy (non-hydrogen) atoms. The molecule has 7 heteroatoms. The van der Waals surface area contributed by atoms with E-state index in [1.807, 2.05) is 36.4 Å². The summed E-state index contributed by atoms with van der Waals surface area (Å²) < 4.78 is 1.79. The summed E-state index contributed by atoms with van der Waals surface area (Å²) in [6.45, 7) is 0. The maximum absolute atomic E-state index is 12.1. The van der Waals surface area contributed by atoms with Crippen molar-refractivity contribution in [1.29, 1.82) is 0 Å². The van der Waals surface area contributed by atoms with Gasteiger partial charge in [-0.05, 0) is 17.5 Å². The van der Waals surface area contributed by atoms with Gasteiger partial charge in [0.1, 0.15) is 0 Å². The molecule has 3 aromatic rings. The quantitative estimate of drug-likeness (QED) is 0.714. The van der Waals surface area contributed by atoms with E-state index in [0.717, 1.165) is 22.4 Å². The molecule has 1 fully saturated rings. The molecule has 5 rings (SSSR count). The van der Waals surface area contributed by atoms with Crippen LogP contribution in [0.1, 0.15) is 42.5 Å². The minimum absolute atomic E-state index is 0.0447. The number of aromatic nitrogens is 3. The van der Waals surface area contributed by atoms with Crippen molar-refractivity contribution in [1.82, 2.24) is 14.8 Å². The highest BCUT2D eigenvalue weighted by Crippen LogP contribution is 2.38. The number of carbonyl (C=O) groups excluding carboxylic acids is 2. The molecule has 0 spiro atoms. The molecule has 0 saturated carbocycles. The maximum atomic E-state index is 12.1. The number of fused-ring (bicyclic) bond motifs is 1. The highest BCUT2D eigenvalue weighted by Gasteiger charge is 2.37. The molecule has 0 radical (unpaired) electrons. The van der Waals surface area contributed by atoms with Crippen LogP contribution < -0.4 is 10.2 Å². The van der Waals surface area contributed by atoms with Gasteiger partial charge in [0.15, 0.2) is 0 Å². The van der Waals surface area contributed by atoms with E-state index in [9.17, 15) is 9.59 Å². The number of benzene rings is 2. The molecule has 0 unspecified atom stereocenters. The Kier molecular flexibility index (Phi) is 3.93. The Hall–Kier alpha value is -3.48. The van der Waals surface area contributed by atoms with Gasteiger partial charge in [0.2, 0.25) is 17.8 Å². The molecular formula is C21H19N5O2. The van der Waals surface area contributed by atoms with Gasteiger partial charge in [-0.2, -0.15) is 4.98 Å². The van der Waals surface area contributed by atoms with Gasteiger partial charge in [-0.25, -0.2) is 9.58 Å². The van der Waals surface area contributed by atoms with Gasteiger partial charge in [0.25, 0.3) is 5.95 Å². The molecule has 3 heterocycles. The summed E-state index contributed by atoms with van der Waals surface area (Å²) in [7, 11) is 0. The molecule has 2 aliphatic heterocycles. The number of hydrogen-bond acceptors (Lipinski definition) is 5. The van der Waals surface area contributed by atoms with Gasteiger partial charge in [0.05, 0.1) is 12.1 Å². The first-order chi connectivity index (χ1) is 13.7. The van der Waals surface area contributed by atoms with Crippen molar-refractivity contribution in [3.8, 4) is 0 Å². The van der Waals surface area contributed by atoms with Crippen LogP contribution in [0.5, 0.6) is 0 Å². The number of hydrogen-bond donors (Lipinski definition) is 1. The SMILES string of the molecule is O=C1CCC(=O)N1c1nc2n(n1)[C@H](c1ccccc1)C[C@@H](c1ccccc1)N2. The van der Waals surface area contributed by atoms with Crippen LogP contribution in [0.3, 0.4) is 0 Å². The van der Waals surface area contributed by atoms with Crippen LogP contribution >= 0.6 is 0 Å². The van der Waals surface area contributed by atoms with E-state index in [-0.39, 0.29) is 42.7 Å². The van der Waals surface area contributed by atoms with E-state index in [0.29, 0.717) is 5.95 Å². The fourth-order valence-electron chi connectivity index (χ4n) is 3.92. The molecule has 2 aromatic carbocycles. The van der Waals surface area contributed by atoms with Gasteiger partial charge in [-0.1, -0.05) is 60.7 Å². The number of carbonyl (C=O) groups is 2. The molecule has 0 aliphatic carbocycles. The topological polar surface area (TPSA) is 80.1 Å². The zero-order chi connectivity index (χ0) is 19.1. The number of nitrogens with one attached hydrogen (secondary N) is 1. The number of imide groups is 1. The van der Waals surface area contributed by atoms with Gasteiger partial charge >= 0.3 is 0 Å². The molecule has 1 aromatic heterocycles. The van der Waals surface area contributed by atoms with Gasteiger partial charge in [0, 0.05) is 12.8 Å². The van der Waals surface area contributed by atoms with Crippen molar-refractivity contribution in [3.05, 3.63) is 71.8 Å². The Balaban J connectivity index is 1.58. The molecule has 7 nitrogen and oxygen atoms in total. The van der Waals surface area contributed by atoms with Crippen LogP contribution in [0.4, 0.5) is 11.9 Å². The van der Waals surface area contributed by atoms with E-state index in [2.05, 4.69) is 39.7 Å². The summed E-state index contributed by atoms with van der Waals surface area (Å²) in [6, 6.07) is 20.3. The maximum Gasteiger partial charge on any atom is 0.260 e. The molecule has 2 atom stereocenters. The van der Waals surface area contributed by atoms with Crippen molar-refractivity contribution in [3.63, 3.8) is 0 Å². The minimum atomic E-state index is -0.246. The summed E-state index contributed by atoms with van der Waals surface area (Å²) in [5, 5.41) is 7.97. The zero-order valence-electron chi connectivity index (χ0n) is 15.2. The Morgan fingerprint density at radius 3 is 2.11 bits per heavy atom. The van der Waals surface area contributed by atoms with Crippen LogP contribution in [0.25, 0.3) is 0 Å². The second-order valence-corrected chi connectivity index (χ2v) is 7.07. The summed E-state index contributed by atoms with van der Waals surface area (Å²) in [6.07, 6.45) is 1.21. The molecule has 2 aliphatic rings. The molecule has 140 valence electrons. The number of rotatable bonds is 3. The first-order valence-electron chi connectivity index (χ1n) is 9.39. The smallest absolute Gasteiger partial charge is 0.260 e. The van der Waals surface area contributed by atoms with Gasteiger partial charge in [-0.3, -0.25) is 9.59 Å². The average molecular weight is 373 g/mol. The molecule has 1 N–H and O–H groups in total. The fraction of sp³-hybridized carbons (Fsp3) is 0.238. The first-order valence-corrected chi connectivity index (χ1v) is 9.39. The van der Waals surface area contributed by atoms with Crippen LogP contribution in [-0.2, 0) is 9.59 Å². The second kappa shape index (κ2) is 6.60. The van der Waals surface area contributed by atoms with E-state index in [1.165, 1.54) is 0 Å². The summed E-state index contributed by atoms with van der Waals surface area (Å²) in [5.41, 5.74) is 2.27. The lowest BCUT2D eigenvalue weighted by atomic mass is 9.93. The van der Waals surface area contributed by atoms with E-state index in [1.54, 1.807) is 4.68 Å². The van der Waals surface area contributed by atoms with E-state index < -0.39 is 0 Å².